The van der Waals surface area contributed by atoms with Gasteiger partial charge in [0.1, 0.15) is 12.6 Å². The molecule has 0 spiro atoms. The van der Waals surface area contributed by atoms with E-state index in [0.717, 1.165) is 17.7 Å². The largest absolute Gasteiger partial charge is 0.447 e. The lowest BCUT2D eigenvalue weighted by molar-refractivity contribution is -0.123. The summed E-state index contributed by atoms with van der Waals surface area (Å²) in [7, 11) is 0. The van der Waals surface area contributed by atoms with Crippen LogP contribution in [-0.4, -0.2) is 54.1 Å². The van der Waals surface area contributed by atoms with Crippen molar-refractivity contribution in [3.63, 3.8) is 0 Å². The Morgan fingerprint density at radius 2 is 1.88 bits per heavy atom. The molecule has 7 nitrogen and oxygen atoms in total. The third-order valence-corrected chi connectivity index (χ3v) is 6.87. The van der Waals surface area contributed by atoms with Gasteiger partial charge in [0.15, 0.2) is 11.6 Å². The molecule has 2 fully saturated rings. The summed E-state index contributed by atoms with van der Waals surface area (Å²) in [6.07, 6.45) is 0.843. The third kappa shape index (κ3) is 4.59. The number of nitrogens with zero attached hydrogens (tertiary/aromatic N) is 3. The van der Waals surface area contributed by atoms with Gasteiger partial charge in [-0.15, -0.1) is 0 Å². The molecule has 0 saturated carbocycles. The summed E-state index contributed by atoms with van der Waals surface area (Å²) in [6, 6.07) is 13.8. The van der Waals surface area contributed by atoms with Gasteiger partial charge < -0.3 is 15.4 Å². The molecule has 2 N–H and O–H groups in total. The number of likely N-dealkylation sites (tertiary alicyclic amines) is 1. The number of rotatable bonds is 7. The summed E-state index contributed by atoms with van der Waals surface area (Å²) in [6.45, 7) is 1.72. The van der Waals surface area contributed by atoms with Crippen molar-refractivity contribution >= 4 is 12.0 Å². The Morgan fingerprint density at radius 1 is 1.18 bits per heavy atom. The van der Waals surface area contributed by atoms with Crippen molar-refractivity contribution in [2.75, 3.05) is 26.2 Å². The van der Waals surface area contributed by atoms with Crippen molar-refractivity contribution in [1.29, 1.82) is 5.26 Å². The number of amides is 2. The lowest BCUT2D eigenvalue weighted by Crippen LogP contribution is -2.49. The van der Waals surface area contributed by atoms with Crippen LogP contribution in [0.2, 0.25) is 0 Å². The number of piperidine rings is 1. The van der Waals surface area contributed by atoms with Crippen molar-refractivity contribution in [3.05, 3.63) is 71.3 Å². The first-order valence-electron chi connectivity index (χ1n) is 11.2. The van der Waals surface area contributed by atoms with E-state index in [0.29, 0.717) is 38.0 Å². The van der Waals surface area contributed by atoms with Crippen LogP contribution >= 0.6 is 0 Å². The van der Waals surface area contributed by atoms with Gasteiger partial charge >= 0.3 is 6.09 Å². The van der Waals surface area contributed by atoms with Crippen LogP contribution in [0.1, 0.15) is 36.4 Å². The van der Waals surface area contributed by atoms with E-state index in [-0.39, 0.29) is 13.0 Å². The van der Waals surface area contributed by atoms with Gasteiger partial charge in [-0.25, -0.2) is 13.6 Å². The first-order chi connectivity index (χ1) is 16.3. The highest BCUT2D eigenvalue weighted by Gasteiger charge is 2.42. The summed E-state index contributed by atoms with van der Waals surface area (Å²) >= 11 is 0. The Morgan fingerprint density at radius 3 is 2.50 bits per heavy atom. The van der Waals surface area contributed by atoms with Crippen LogP contribution in [0.5, 0.6) is 0 Å². The first kappa shape index (κ1) is 23.6. The number of cyclic esters (lactones) is 1. The zero-order valence-electron chi connectivity index (χ0n) is 18.6. The van der Waals surface area contributed by atoms with Gasteiger partial charge in [-0.3, -0.25) is 9.69 Å². The standard InChI is InChI=1S/C25H26F2N4O3/c26-19-7-6-17(14-20(19)27)22-15-34-24(33)31(22)21(23(29)32)8-11-30-12-9-25(16-28,10-13-30)18-4-2-1-3-5-18/h1-7,14,21-22H,8-13,15H2,(H2,29,32). The van der Waals surface area contributed by atoms with E-state index < -0.39 is 41.1 Å². The number of halogens is 2. The molecule has 0 radical (unpaired) electrons. The normalized spacial score (nSPS) is 21.0. The Bertz CT molecular complexity index is 1100. The first-order valence-corrected chi connectivity index (χ1v) is 11.2. The van der Waals surface area contributed by atoms with Crippen molar-refractivity contribution in [2.24, 2.45) is 5.73 Å². The molecule has 2 aromatic rings. The lowest BCUT2D eigenvalue weighted by atomic mass is 9.74. The average molecular weight is 469 g/mol. The van der Waals surface area contributed by atoms with Crippen LogP contribution in [0.15, 0.2) is 48.5 Å². The zero-order chi connectivity index (χ0) is 24.3. The number of carbonyl (C=O) groups excluding carboxylic acids is 2. The molecule has 34 heavy (non-hydrogen) atoms. The molecule has 4 rings (SSSR count). The van der Waals surface area contributed by atoms with E-state index in [4.69, 9.17) is 10.5 Å². The van der Waals surface area contributed by atoms with Crippen LogP contribution in [0.4, 0.5) is 13.6 Å². The quantitative estimate of drug-likeness (QED) is 0.673. The smallest absolute Gasteiger partial charge is 0.411 e. The van der Waals surface area contributed by atoms with Gasteiger partial charge in [0.05, 0.1) is 17.5 Å². The molecule has 0 aromatic heterocycles. The maximum atomic E-state index is 13.8. The predicted molar refractivity (Wildman–Crippen MR) is 119 cm³/mol. The molecule has 2 atom stereocenters. The zero-order valence-corrected chi connectivity index (χ0v) is 18.6. The molecule has 2 unspecified atom stereocenters. The minimum Gasteiger partial charge on any atom is -0.447 e. The highest BCUT2D eigenvalue weighted by atomic mass is 19.2. The maximum absolute atomic E-state index is 13.8. The fraction of sp³-hybridized carbons (Fsp3) is 0.400. The van der Waals surface area contributed by atoms with Crippen molar-refractivity contribution in [2.45, 2.75) is 36.8 Å². The fourth-order valence-electron chi connectivity index (χ4n) is 4.86. The molecule has 2 aromatic carbocycles. The summed E-state index contributed by atoms with van der Waals surface area (Å²) in [5.41, 5.74) is 6.43. The van der Waals surface area contributed by atoms with Gasteiger partial charge in [0, 0.05) is 6.54 Å². The highest BCUT2D eigenvalue weighted by Crippen LogP contribution is 2.36. The molecule has 2 heterocycles. The number of primary amides is 1. The monoisotopic (exact) mass is 468 g/mol. The molecule has 2 amide bonds. The Kier molecular flexibility index (Phi) is 6.80. The highest BCUT2D eigenvalue weighted by molar-refractivity contribution is 5.85. The second-order valence-corrected chi connectivity index (χ2v) is 8.78. The molecule has 0 aliphatic carbocycles. The Labute approximate surface area is 196 Å². The number of nitrogens with two attached hydrogens (primary N) is 1. The van der Waals surface area contributed by atoms with Crippen LogP contribution in [-0.2, 0) is 14.9 Å². The molecule has 2 aliphatic rings. The van der Waals surface area contributed by atoms with Crippen molar-refractivity contribution in [1.82, 2.24) is 9.80 Å². The second kappa shape index (κ2) is 9.77. The van der Waals surface area contributed by atoms with E-state index >= 15 is 0 Å². The fourth-order valence-corrected chi connectivity index (χ4v) is 4.86. The summed E-state index contributed by atoms with van der Waals surface area (Å²) < 4.78 is 32.3. The topological polar surface area (TPSA) is 99.7 Å². The molecule has 9 heteroatoms. The van der Waals surface area contributed by atoms with Crippen molar-refractivity contribution in [3.8, 4) is 6.07 Å². The van der Waals surface area contributed by atoms with Gasteiger partial charge in [-0.1, -0.05) is 36.4 Å². The number of hydrogen-bond acceptors (Lipinski definition) is 5. The lowest BCUT2D eigenvalue weighted by Gasteiger charge is -2.38. The van der Waals surface area contributed by atoms with Gasteiger partial charge in [-0.2, -0.15) is 5.26 Å². The van der Waals surface area contributed by atoms with Crippen LogP contribution in [0.3, 0.4) is 0 Å². The van der Waals surface area contributed by atoms with E-state index in [1.165, 1.54) is 11.0 Å². The molecule has 0 bridgehead atoms. The van der Waals surface area contributed by atoms with Crippen LogP contribution in [0.25, 0.3) is 0 Å². The minimum atomic E-state index is -1.04. The van der Waals surface area contributed by atoms with E-state index in [1.807, 2.05) is 30.3 Å². The third-order valence-electron chi connectivity index (χ3n) is 6.87. The molecule has 2 aliphatic heterocycles. The number of carbonyl (C=O) groups is 2. The van der Waals surface area contributed by atoms with Gasteiger partial charge in [0.2, 0.25) is 5.91 Å². The Hall–Kier alpha value is -3.51. The summed E-state index contributed by atoms with van der Waals surface area (Å²) in [4.78, 5) is 28.1. The molecular formula is C25H26F2N4O3. The number of nitriles is 1. The number of hydrogen-bond donors (Lipinski definition) is 1. The molecule has 178 valence electrons. The minimum absolute atomic E-state index is 0.0842. The predicted octanol–water partition coefficient (Wildman–Crippen LogP) is 3.26. The van der Waals surface area contributed by atoms with Crippen LogP contribution < -0.4 is 5.73 Å². The average Bonchev–Trinajstić information content (AvgIpc) is 3.23. The maximum Gasteiger partial charge on any atom is 0.411 e. The van der Waals surface area contributed by atoms with Crippen molar-refractivity contribution < 1.29 is 23.1 Å². The SMILES string of the molecule is N#CC1(c2ccccc2)CCN(CCC(C(N)=O)N2C(=O)OCC2c2ccc(F)c(F)c2)CC1. The second-order valence-electron chi connectivity index (χ2n) is 8.78. The number of benzene rings is 2. The molecule has 2 saturated heterocycles. The molecular weight excluding hydrogens is 442 g/mol. The summed E-state index contributed by atoms with van der Waals surface area (Å²) in [5.74, 6) is -2.74. The van der Waals surface area contributed by atoms with E-state index in [2.05, 4.69) is 11.0 Å². The van der Waals surface area contributed by atoms with Gasteiger partial charge in [0.25, 0.3) is 0 Å². The van der Waals surface area contributed by atoms with E-state index in [9.17, 15) is 23.6 Å². The Balaban J connectivity index is 1.43. The summed E-state index contributed by atoms with van der Waals surface area (Å²) in [5, 5.41) is 9.88. The number of ether oxygens (including phenoxy) is 1. The van der Waals surface area contributed by atoms with E-state index in [1.54, 1.807) is 0 Å². The van der Waals surface area contributed by atoms with Crippen LogP contribution in [0, 0.1) is 23.0 Å². The van der Waals surface area contributed by atoms with Gasteiger partial charge in [-0.05, 0) is 55.6 Å².